The van der Waals surface area contributed by atoms with E-state index >= 15 is 0 Å². The van der Waals surface area contributed by atoms with Crippen molar-refractivity contribution in [2.45, 2.75) is 4.90 Å². The third kappa shape index (κ3) is 4.47. The number of carbonyl (C=O) groups is 1. The van der Waals surface area contributed by atoms with Crippen LogP contribution in [0.1, 0.15) is 0 Å². The van der Waals surface area contributed by atoms with Gasteiger partial charge in [-0.1, -0.05) is 11.6 Å². The van der Waals surface area contributed by atoms with Crippen molar-refractivity contribution in [1.29, 1.82) is 0 Å². The summed E-state index contributed by atoms with van der Waals surface area (Å²) in [5, 5.41) is 1.81. The van der Waals surface area contributed by atoms with Gasteiger partial charge in [0.15, 0.2) is 11.6 Å². The smallest absolute Gasteiger partial charge is 0.241 e. The molecule has 0 spiro atoms. The molecular formula is C14H10ClF3N2O3S. The quantitative estimate of drug-likeness (QED) is 0.840. The Balaban J connectivity index is 2.01. The van der Waals surface area contributed by atoms with Crippen LogP contribution in [0.5, 0.6) is 0 Å². The Bertz CT molecular complexity index is 891. The summed E-state index contributed by atoms with van der Waals surface area (Å²) in [6.07, 6.45) is 0. The van der Waals surface area contributed by atoms with Gasteiger partial charge in [-0.25, -0.2) is 26.3 Å². The highest BCUT2D eigenvalue weighted by atomic mass is 35.5. The molecule has 2 N–H and O–H groups in total. The van der Waals surface area contributed by atoms with Crippen molar-refractivity contribution < 1.29 is 26.4 Å². The van der Waals surface area contributed by atoms with Crippen molar-refractivity contribution in [3.63, 3.8) is 0 Å². The van der Waals surface area contributed by atoms with Crippen LogP contribution in [0.15, 0.2) is 41.3 Å². The first-order chi connectivity index (χ1) is 11.2. The molecule has 0 saturated carbocycles. The predicted molar refractivity (Wildman–Crippen MR) is 81.6 cm³/mol. The van der Waals surface area contributed by atoms with E-state index in [1.165, 1.54) is 0 Å². The molecule has 0 heterocycles. The Morgan fingerprint density at radius 3 is 2.29 bits per heavy atom. The fourth-order valence-electron chi connectivity index (χ4n) is 1.67. The summed E-state index contributed by atoms with van der Waals surface area (Å²) in [4.78, 5) is 11.3. The molecule has 5 nitrogen and oxygen atoms in total. The van der Waals surface area contributed by atoms with Crippen LogP contribution in [0.25, 0.3) is 0 Å². The lowest BCUT2D eigenvalue weighted by atomic mass is 10.3. The van der Waals surface area contributed by atoms with Gasteiger partial charge in [0, 0.05) is 11.8 Å². The number of hydrogen-bond acceptors (Lipinski definition) is 3. The molecule has 2 aromatic carbocycles. The summed E-state index contributed by atoms with van der Waals surface area (Å²) in [7, 11) is -4.10. The molecule has 1 amide bonds. The van der Waals surface area contributed by atoms with E-state index in [2.05, 4.69) is 5.32 Å². The van der Waals surface area contributed by atoms with Crippen molar-refractivity contribution >= 4 is 33.2 Å². The van der Waals surface area contributed by atoms with Crippen LogP contribution in [-0.4, -0.2) is 20.9 Å². The van der Waals surface area contributed by atoms with Crippen molar-refractivity contribution in [2.24, 2.45) is 0 Å². The molecule has 128 valence electrons. The molecule has 0 aliphatic rings. The number of anilines is 1. The van der Waals surface area contributed by atoms with E-state index in [-0.39, 0.29) is 15.6 Å². The summed E-state index contributed by atoms with van der Waals surface area (Å²) < 4.78 is 64.7. The summed E-state index contributed by atoms with van der Waals surface area (Å²) in [6, 6.07) is 5.43. The van der Waals surface area contributed by atoms with Crippen molar-refractivity contribution in [3.05, 3.63) is 58.9 Å². The normalized spacial score (nSPS) is 11.3. The summed E-state index contributed by atoms with van der Waals surface area (Å²) in [5.41, 5.74) is -0.0390. The summed E-state index contributed by atoms with van der Waals surface area (Å²) >= 11 is 5.50. The lowest BCUT2D eigenvalue weighted by molar-refractivity contribution is -0.115. The number of sulfonamides is 1. The van der Waals surface area contributed by atoms with Crippen LogP contribution in [0, 0.1) is 17.5 Å². The summed E-state index contributed by atoms with van der Waals surface area (Å²) in [6.45, 7) is -0.670. The molecule has 0 aliphatic carbocycles. The van der Waals surface area contributed by atoms with Gasteiger partial charge in [0.2, 0.25) is 15.9 Å². The minimum absolute atomic E-state index is 0.0390. The van der Waals surface area contributed by atoms with Gasteiger partial charge >= 0.3 is 0 Å². The van der Waals surface area contributed by atoms with Crippen LogP contribution in [0.2, 0.25) is 5.02 Å². The highest BCUT2D eigenvalue weighted by Gasteiger charge is 2.17. The van der Waals surface area contributed by atoms with Gasteiger partial charge in [-0.05, 0) is 30.3 Å². The van der Waals surface area contributed by atoms with Gasteiger partial charge in [0.1, 0.15) is 5.82 Å². The van der Waals surface area contributed by atoms with Gasteiger partial charge < -0.3 is 5.32 Å². The van der Waals surface area contributed by atoms with Crippen molar-refractivity contribution in [3.8, 4) is 0 Å². The summed E-state index contributed by atoms with van der Waals surface area (Å²) in [5.74, 6) is -3.83. The highest BCUT2D eigenvalue weighted by Crippen LogP contribution is 2.19. The molecule has 0 radical (unpaired) electrons. The maximum atomic E-state index is 13.0. The van der Waals surface area contributed by atoms with E-state index in [1.54, 1.807) is 0 Å². The van der Waals surface area contributed by atoms with Gasteiger partial charge in [0.05, 0.1) is 16.5 Å². The highest BCUT2D eigenvalue weighted by molar-refractivity contribution is 7.89. The molecule has 10 heteroatoms. The fourth-order valence-corrected chi connectivity index (χ4v) is 2.92. The monoisotopic (exact) mass is 378 g/mol. The molecule has 0 bridgehead atoms. The standard InChI is InChI=1S/C14H10ClF3N2O3S/c15-10-6-9(2-4-11(10)16)24(22,23)19-7-14(21)20-8-1-3-12(17)13(18)5-8/h1-6,19H,7H2,(H,20,21). The van der Waals surface area contributed by atoms with Crippen molar-refractivity contribution in [1.82, 2.24) is 4.72 Å². The van der Waals surface area contributed by atoms with E-state index in [4.69, 9.17) is 11.6 Å². The molecule has 0 atom stereocenters. The minimum atomic E-state index is -4.10. The van der Waals surface area contributed by atoms with E-state index in [9.17, 15) is 26.4 Å². The third-order valence-corrected chi connectivity index (χ3v) is 4.52. The Morgan fingerprint density at radius 2 is 1.67 bits per heavy atom. The Morgan fingerprint density at radius 1 is 1.00 bits per heavy atom. The number of rotatable bonds is 5. The maximum absolute atomic E-state index is 13.0. The Labute approximate surface area is 140 Å². The molecule has 0 unspecified atom stereocenters. The number of hydrogen-bond donors (Lipinski definition) is 2. The molecule has 24 heavy (non-hydrogen) atoms. The lowest BCUT2D eigenvalue weighted by Gasteiger charge is -2.08. The van der Waals surface area contributed by atoms with Crippen LogP contribution in [0.3, 0.4) is 0 Å². The molecule has 0 saturated heterocycles. The second-order valence-corrected chi connectivity index (χ2v) is 6.75. The van der Waals surface area contributed by atoms with Crippen LogP contribution in [-0.2, 0) is 14.8 Å². The zero-order valence-corrected chi connectivity index (χ0v) is 13.4. The number of nitrogens with one attached hydrogen (secondary N) is 2. The Kier molecular flexibility index (Phi) is 5.47. The van der Waals surface area contributed by atoms with Crippen molar-refractivity contribution in [2.75, 3.05) is 11.9 Å². The number of halogens is 4. The van der Waals surface area contributed by atoms with Gasteiger partial charge in [-0.15, -0.1) is 0 Å². The largest absolute Gasteiger partial charge is 0.325 e. The molecule has 0 fully saturated rings. The van der Waals surface area contributed by atoms with Crippen LogP contribution in [0.4, 0.5) is 18.9 Å². The number of carbonyl (C=O) groups excluding carboxylic acids is 1. The average Bonchev–Trinajstić information content (AvgIpc) is 2.52. The predicted octanol–water partition coefficient (Wildman–Crippen LogP) is 2.67. The fraction of sp³-hybridized carbons (Fsp3) is 0.0714. The van der Waals surface area contributed by atoms with Gasteiger partial charge in [-0.3, -0.25) is 4.79 Å². The first-order valence-electron chi connectivity index (χ1n) is 6.38. The minimum Gasteiger partial charge on any atom is -0.325 e. The second kappa shape index (κ2) is 7.20. The van der Waals surface area contributed by atoms with Crippen LogP contribution >= 0.6 is 11.6 Å². The number of benzene rings is 2. The second-order valence-electron chi connectivity index (χ2n) is 4.58. The van der Waals surface area contributed by atoms with E-state index < -0.39 is 39.9 Å². The van der Waals surface area contributed by atoms with E-state index in [0.29, 0.717) is 0 Å². The molecule has 2 aromatic rings. The zero-order valence-electron chi connectivity index (χ0n) is 11.8. The van der Waals surface area contributed by atoms with Crippen LogP contribution < -0.4 is 10.0 Å². The van der Waals surface area contributed by atoms with Gasteiger partial charge in [0.25, 0.3) is 0 Å². The number of amides is 1. The first kappa shape index (κ1) is 18.2. The molecule has 2 rings (SSSR count). The molecule has 0 aromatic heterocycles. The lowest BCUT2D eigenvalue weighted by Crippen LogP contribution is -2.33. The SMILES string of the molecule is O=C(CNS(=O)(=O)c1ccc(F)c(Cl)c1)Nc1ccc(F)c(F)c1. The zero-order chi connectivity index (χ0) is 17.9. The third-order valence-electron chi connectivity index (χ3n) is 2.83. The maximum Gasteiger partial charge on any atom is 0.241 e. The van der Waals surface area contributed by atoms with Gasteiger partial charge in [-0.2, -0.15) is 0 Å². The molecule has 0 aliphatic heterocycles. The molecular weight excluding hydrogens is 369 g/mol. The Hall–Kier alpha value is -2.10. The topological polar surface area (TPSA) is 75.3 Å². The average molecular weight is 379 g/mol. The first-order valence-corrected chi connectivity index (χ1v) is 8.25. The van der Waals surface area contributed by atoms with E-state index in [1.807, 2.05) is 4.72 Å². The van der Waals surface area contributed by atoms with E-state index in [0.717, 1.165) is 36.4 Å².